The summed E-state index contributed by atoms with van der Waals surface area (Å²) in [6, 6.07) is 24.8. The van der Waals surface area contributed by atoms with Gasteiger partial charge in [0.2, 0.25) is 11.8 Å². The number of hydrogen-bond acceptors (Lipinski definition) is 3. The lowest BCUT2D eigenvalue weighted by Gasteiger charge is -2.26. The smallest absolute Gasteiger partial charge is 0.260 e. The highest BCUT2D eigenvalue weighted by Crippen LogP contribution is 2.21. The fraction of sp³-hybridized carbons (Fsp3) is 0.160. The molecule has 3 aromatic rings. The van der Waals surface area contributed by atoms with Crippen LogP contribution in [0, 0.1) is 0 Å². The Labute approximate surface area is 175 Å². The van der Waals surface area contributed by atoms with Crippen molar-refractivity contribution in [3.05, 3.63) is 101 Å². The highest BCUT2D eigenvalue weighted by molar-refractivity contribution is 6.10. The van der Waals surface area contributed by atoms with Crippen molar-refractivity contribution < 1.29 is 14.4 Å². The summed E-state index contributed by atoms with van der Waals surface area (Å²) >= 11 is 0. The molecule has 0 aliphatic carbocycles. The van der Waals surface area contributed by atoms with E-state index in [-0.39, 0.29) is 37.1 Å². The molecule has 0 fully saturated rings. The Morgan fingerprint density at radius 1 is 0.867 bits per heavy atom. The average Bonchev–Trinajstić information content (AvgIpc) is 2.76. The Morgan fingerprint density at radius 2 is 1.57 bits per heavy atom. The van der Waals surface area contributed by atoms with Crippen molar-refractivity contribution in [2.24, 2.45) is 0 Å². The van der Waals surface area contributed by atoms with E-state index in [1.807, 2.05) is 60.7 Å². The normalized spacial score (nSPS) is 13.1. The van der Waals surface area contributed by atoms with E-state index in [2.05, 4.69) is 5.32 Å². The molecule has 5 heteroatoms. The molecule has 0 bridgehead atoms. The van der Waals surface area contributed by atoms with Crippen LogP contribution in [-0.4, -0.2) is 29.2 Å². The molecule has 5 nitrogen and oxygen atoms in total. The number of fused-ring (bicyclic) bond motifs is 1. The topological polar surface area (TPSA) is 66.5 Å². The lowest BCUT2D eigenvalue weighted by Crippen LogP contribution is -2.43. The van der Waals surface area contributed by atoms with Crippen LogP contribution >= 0.6 is 0 Å². The second-order valence-corrected chi connectivity index (χ2v) is 7.30. The third-order valence-corrected chi connectivity index (χ3v) is 5.23. The maximum Gasteiger partial charge on any atom is 0.260 e. The summed E-state index contributed by atoms with van der Waals surface area (Å²) < 4.78 is 0. The Hall–Kier alpha value is -3.73. The van der Waals surface area contributed by atoms with Crippen LogP contribution in [0.15, 0.2) is 78.9 Å². The van der Waals surface area contributed by atoms with Gasteiger partial charge in [0.25, 0.3) is 5.91 Å². The van der Waals surface area contributed by atoms with Gasteiger partial charge in [-0.15, -0.1) is 0 Å². The summed E-state index contributed by atoms with van der Waals surface area (Å²) in [5.41, 5.74) is 4.18. The maximum atomic E-state index is 12.6. The zero-order valence-corrected chi connectivity index (χ0v) is 16.5. The van der Waals surface area contributed by atoms with Gasteiger partial charge in [-0.25, -0.2) is 0 Å². The van der Waals surface area contributed by atoms with Crippen molar-refractivity contribution in [2.75, 3.05) is 11.9 Å². The zero-order valence-electron chi connectivity index (χ0n) is 16.5. The van der Waals surface area contributed by atoms with E-state index in [1.165, 1.54) is 4.90 Å². The van der Waals surface area contributed by atoms with Crippen molar-refractivity contribution in [2.45, 2.75) is 19.3 Å². The summed E-state index contributed by atoms with van der Waals surface area (Å²) in [5.74, 6) is -0.829. The first-order valence-electron chi connectivity index (χ1n) is 9.96. The molecule has 150 valence electrons. The van der Waals surface area contributed by atoms with Gasteiger partial charge in [-0.3, -0.25) is 19.3 Å². The number of rotatable bonds is 6. The van der Waals surface area contributed by atoms with Gasteiger partial charge in [0.05, 0.1) is 6.42 Å². The first kappa shape index (κ1) is 19.6. The summed E-state index contributed by atoms with van der Waals surface area (Å²) in [4.78, 5) is 38.7. The predicted octanol–water partition coefficient (Wildman–Crippen LogP) is 3.83. The Balaban J connectivity index is 1.40. The first-order chi connectivity index (χ1) is 14.6. The van der Waals surface area contributed by atoms with Crippen molar-refractivity contribution in [3.63, 3.8) is 0 Å². The summed E-state index contributed by atoms with van der Waals surface area (Å²) in [6.07, 6.45) is 0.944. The van der Waals surface area contributed by atoms with Crippen LogP contribution in [0.25, 0.3) is 0 Å². The van der Waals surface area contributed by atoms with E-state index in [4.69, 9.17) is 0 Å². The van der Waals surface area contributed by atoms with Crippen LogP contribution in [0.4, 0.5) is 5.69 Å². The molecule has 0 unspecified atom stereocenters. The number of benzene rings is 3. The monoisotopic (exact) mass is 398 g/mol. The van der Waals surface area contributed by atoms with Crippen molar-refractivity contribution in [3.8, 4) is 0 Å². The summed E-state index contributed by atoms with van der Waals surface area (Å²) in [5, 5.41) is 2.93. The molecule has 30 heavy (non-hydrogen) atoms. The lowest BCUT2D eigenvalue weighted by molar-refractivity contribution is -0.128. The Morgan fingerprint density at radius 3 is 2.40 bits per heavy atom. The van der Waals surface area contributed by atoms with E-state index in [9.17, 15) is 14.4 Å². The van der Waals surface area contributed by atoms with Crippen LogP contribution in [0.2, 0.25) is 0 Å². The fourth-order valence-electron chi connectivity index (χ4n) is 3.66. The Bertz CT molecular complexity index is 1090. The van der Waals surface area contributed by atoms with Crippen LogP contribution in [0.3, 0.4) is 0 Å². The minimum atomic E-state index is -0.334. The number of nitrogens with one attached hydrogen (secondary N) is 1. The van der Waals surface area contributed by atoms with Gasteiger partial charge in [0, 0.05) is 24.2 Å². The van der Waals surface area contributed by atoms with Gasteiger partial charge >= 0.3 is 0 Å². The number of hydrogen-bond donors (Lipinski definition) is 1. The van der Waals surface area contributed by atoms with Crippen LogP contribution in [-0.2, 0) is 22.4 Å². The van der Waals surface area contributed by atoms with Gasteiger partial charge in [0.15, 0.2) is 0 Å². The molecule has 0 radical (unpaired) electrons. The standard InChI is InChI=1S/C25H22N2O3/c28-23(14-15-27-24(29)17-19-10-4-6-12-21(19)25(27)30)26-22-13-7-5-11-20(22)16-18-8-2-1-3-9-18/h1-13H,14-17H2,(H,26,28). The number of anilines is 1. The Kier molecular flexibility index (Phi) is 5.70. The van der Waals surface area contributed by atoms with Crippen molar-refractivity contribution in [1.29, 1.82) is 0 Å². The molecular weight excluding hydrogens is 376 g/mol. The van der Waals surface area contributed by atoms with E-state index in [0.717, 1.165) is 22.4 Å². The number of carbonyl (C=O) groups excluding carboxylic acids is 3. The minimum absolute atomic E-state index is 0.0549. The highest BCUT2D eigenvalue weighted by Gasteiger charge is 2.30. The van der Waals surface area contributed by atoms with Gasteiger partial charge in [-0.2, -0.15) is 0 Å². The molecule has 0 atom stereocenters. The van der Waals surface area contributed by atoms with Gasteiger partial charge < -0.3 is 5.32 Å². The molecule has 3 amide bonds. The summed E-state index contributed by atoms with van der Waals surface area (Å²) in [6.45, 7) is 0.0681. The van der Waals surface area contributed by atoms with Crippen LogP contribution < -0.4 is 5.32 Å². The molecule has 4 rings (SSSR count). The largest absolute Gasteiger partial charge is 0.326 e. The summed E-state index contributed by atoms with van der Waals surface area (Å²) in [7, 11) is 0. The third kappa shape index (κ3) is 4.30. The second kappa shape index (κ2) is 8.74. The van der Waals surface area contributed by atoms with E-state index < -0.39 is 0 Å². The molecule has 0 aromatic heterocycles. The lowest BCUT2D eigenvalue weighted by atomic mass is 9.98. The zero-order chi connectivity index (χ0) is 20.9. The molecule has 3 aromatic carbocycles. The molecule has 1 N–H and O–H groups in total. The number of carbonyl (C=O) groups is 3. The molecule has 1 aliphatic heterocycles. The van der Waals surface area contributed by atoms with E-state index >= 15 is 0 Å². The fourth-order valence-corrected chi connectivity index (χ4v) is 3.66. The van der Waals surface area contributed by atoms with Crippen molar-refractivity contribution >= 4 is 23.4 Å². The molecule has 1 aliphatic rings. The number of imide groups is 1. The SMILES string of the molecule is O=C(CCN1C(=O)Cc2ccccc2C1=O)Nc1ccccc1Cc1ccccc1. The minimum Gasteiger partial charge on any atom is -0.326 e. The molecular formula is C25H22N2O3. The molecule has 0 saturated carbocycles. The first-order valence-corrected chi connectivity index (χ1v) is 9.96. The van der Waals surface area contributed by atoms with Gasteiger partial charge in [0.1, 0.15) is 0 Å². The number of amides is 3. The third-order valence-electron chi connectivity index (χ3n) is 5.23. The number of para-hydroxylation sites is 1. The van der Waals surface area contributed by atoms with E-state index in [0.29, 0.717) is 12.0 Å². The maximum absolute atomic E-state index is 12.6. The molecule has 0 spiro atoms. The van der Waals surface area contributed by atoms with E-state index in [1.54, 1.807) is 18.2 Å². The molecule has 1 heterocycles. The quantitative estimate of drug-likeness (QED) is 0.642. The van der Waals surface area contributed by atoms with Crippen LogP contribution in [0.1, 0.15) is 33.5 Å². The van der Waals surface area contributed by atoms with Crippen LogP contribution in [0.5, 0.6) is 0 Å². The highest BCUT2D eigenvalue weighted by atomic mass is 16.2. The van der Waals surface area contributed by atoms with Gasteiger partial charge in [-0.1, -0.05) is 66.7 Å². The van der Waals surface area contributed by atoms with Gasteiger partial charge in [-0.05, 0) is 35.2 Å². The van der Waals surface area contributed by atoms with Crippen molar-refractivity contribution in [1.82, 2.24) is 4.90 Å². The second-order valence-electron chi connectivity index (χ2n) is 7.30. The number of nitrogens with zero attached hydrogens (tertiary/aromatic N) is 1. The predicted molar refractivity (Wildman–Crippen MR) is 115 cm³/mol. The molecule has 0 saturated heterocycles. The average molecular weight is 398 g/mol.